The third kappa shape index (κ3) is 5.83. The smallest absolute Gasteiger partial charge is 0.220 e. The van der Waals surface area contributed by atoms with E-state index < -0.39 is 0 Å². The van der Waals surface area contributed by atoms with Crippen molar-refractivity contribution in [3.8, 4) is 0 Å². The average Bonchev–Trinajstić information content (AvgIpc) is 2.29. The highest BCUT2D eigenvalue weighted by Gasteiger charge is 1.97. The van der Waals surface area contributed by atoms with Gasteiger partial charge in [-0.1, -0.05) is 26.8 Å². The molecule has 1 aromatic rings. The third-order valence-electron chi connectivity index (χ3n) is 1.73. The summed E-state index contributed by atoms with van der Waals surface area (Å²) in [6, 6.07) is 5.78. The highest BCUT2D eigenvalue weighted by Crippen LogP contribution is 1.97. The molecule has 1 amide bonds. The summed E-state index contributed by atoms with van der Waals surface area (Å²) in [6.07, 6.45) is 0.520. The lowest BCUT2D eigenvalue weighted by molar-refractivity contribution is -0.120. The van der Waals surface area contributed by atoms with Gasteiger partial charge in [-0.3, -0.25) is 9.78 Å². The Hall–Kier alpha value is -1.38. The third-order valence-corrected chi connectivity index (χ3v) is 1.73. The molecule has 0 saturated heterocycles. The number of nitrogens with zero attached hydrogens (tertiary/aromatic N) is 1. The number of hydrogen-bond donors (Lipinski definition) is 1. The Morgan fingerprint density at radius 1 is 1.40 bits per heavy atom. The molecular formula is C12H20N2O. The molecule has 3 heteroatoms. The molecule has 3 nitrogen and oxygen atoms in total. The van der Waals surface area contributed by atoms with Crippen LogP contribution in [0.2, 0.25) is 0 Å². The number of hydrogen-bond acceptors (Lipinski definition) is 2. The Morgan fingerprint density at radius 2 is 2.07 bits per heavy atom. The monoisotopic (exact) mass is 208 g/mol. The quantitative estimate of drug-likeness (QED) is 0.829. The van der Waals surface area contributed by atoms with E-state index in [1.807, 2.05) is 45.9 Å². The maximum atomic E-state index is 10.9. The molecule has 0 atom stereocenters. The van der Waals surface area contributed by atoms with E-state index in [-0.39, 0.29) is 5.91 Å². The number of rotatable bonds is 3. The van der Waals surface area contributed by atoms with Crippen molar-refractivity contribution in [1.29, 1.82) is 0 Å². The number of carbonyl (C=O) groups is 1. The lowest BCUT2D eigenvalue weighted by Crippen LogP contribution is -2.22. The first-order valence-electron chi connectivity index (χ1n) is 5.41. The Labute approximate surface area is 91.9 Å². The van der Waals surface area contributed by atoms with Crippen LogP contribution < -0.4 is 5.32 Å². The van der Waals surface area contributed by atoms with E-state index in [1.54, 1.807) is 0 Å². The number of pyridine rings is 1. The van der Waals surface area contributed by atoms with Crippen LogP contribution in [0.15, 0.2) is 18.2 Å². The first kappa shape index (κ1) is 13.6. The number of nitrogens with one attached hydrogen (secondary N) is 1. The SMILES string of the molecule is CC.CCC(=O)NCc1cccc(C)n1. The van der Waals surface area contributed by atoms with Gasteiger partial charge in [0.1, 0.15) is 0 Å². The zero-order chi connectivity index (χ0) is 11.7. The van der Waals surface area contributed by atoms with Crippen molar-refractivity contribution in [1.82, 2.24) is 10.3 Å². The molecule has 0 bridgehead atoms. The molecule has 0 aromatic carbocycles. The second-order valence-electron chi connectivity index (χ2n) is 2.90. The number of carbonyl (C=O) groups excluding carboxylic acids is 1. The van der Waals surface area contributed by atoms with E-state index in [4.69, 9.17) is 0 Å². The van der Waals surface area contributed by atoms with Crippen LogP contribution in [-0.4, -0.2) is 10.9 Å². The van der Waals surface area contributed by atoms with Gasteiger partial charge in [0, 0.05) is 12.1 Å². The second-order valence-corrected chi connectivity index (χ2v) is 2.90. The minimum absolute atomic E-state index is 0.0586. The minimum atomic E-state index is 0.0586. The summed E-state index contributed by atoms with van der Waals surface area (Å²) in [7, 11) is 0. The molecule has 0 aliphatic heterocycles. The highest BCUT2D eigenvalue weighted by atomic mass is 16.1. The topological polar surface area (TPSA) is 42.0 Å². The molecule has 0 saturated carbocycles. The molecule has 0 spiro atoms. The van der Waals surface area contributed by atoms with Gasteiger partial charge in [0.2, 0.25) is 5.91 Å². The molecular weight excluding hydrogens is 188 g/mol. The Balaban J connectivity index is 0.000000921. The fourth-order valence-corrected chi connectivity index (χ4v) is 1.01. The van der Waals surface area contributed by atoms with Gasteiger partial charge < -0.3 is 5.32 Å². The van der Waals surface area contributed by atoms with E-state index in [0.29, 0.717) is 13.0 Å². The minimum Gasteiger partial charge on any atom is -0.350 e. The van der Waals surface area contributed by atoms with Crippen LogP contribution in [0.1, 0.15) is 38.6 Å². The molecule has 1 aromatic heterocycles. The Kier molecular flexibility index (Phi) is 7.24. The summed E-state index contributed by atoms with van der Waals surface area (Å²) in [6.45, 7) is 8.29. The van der Waals surface area contributed by atoms with Crippen molar-refractivity contribution in [3.05, 3.63) is 29.6 Å². The van der Waals surface area contributed by atoms with Gasteiger partial charge in [-0.25, -0.2) is 0 Å². The lowest BCUT2D eigenvalue weighted by atomic mass is 10.3. The summed E-state index contributed by atoms with van der Waals surface area (Å²) in [5, 5.41) is 2.77. The van der Waals surface area contributed by atoms with Crippen LogP contribution in [0, 0.1) is 6.92 Å². The molecule has 0 aliphatic rings. The van der Waals surface area contributed by atoms with Crippen molar-refractivity contribution in [3.63, 3.8) is 0 Å². The molecule has 0 unspecified atom stereocenters. The van der Waals surface area contributed by atoms with Gasteiger partial charge in [-0.15, -0.1) is 0 Å². The van der Waals surface area contributed by atoms with Crippen LogP contribution in [0.5, 0.6) is 0 Å². The van der Waals surface area contributed by atoms with Crippen molar-refractivity contribution >= 4 is 5.91 Å². The molecule has 1 rings (SSSR count). The predicted molar refractivity (Wildman–Crippen MR) is 62.5 cm³/mol. The van der Waals surface area contributed by atoms with Gasteiger partial charge in [0.05, 0.1) is 12.2 Å². The van der Waals surface area contributed by atoms with Crippen LogP contribution in [0.25, 0.3) is 0 Å². The first-order chi connectivity index (χ1) is 7.22. The second kappa shape index (κ2) is 7.97. The molecule has 1 heterocycles. The molecule has 15 heavy (non-hydrogen) atoms. The summed E-state index contributed by atoms with van der Waals surface area (Å²) >= 11 is 0. The lowest BCUT2D eigenvalue weighted by Gasteiger charge is -2.03. The van der Waals surface area contributed by atoms with Crippen molar-refractivity contribution in [2.24, 2.45) is 0 Å². The first-order valence-corrected chi connectivity index (χ1v) is 5.41. The van der Waals surface area contributed by atoms with Crippen molar-refractivity contribution < 1.29 is 4.79 Å². The van der Waals surface area contributed by atoms with E-state index in [9.17, 15) is 4.79 Å². The van der Waals surface area contributed by atoms with Crippen LogP contribution in [-0.2, 0) is 11.3 Å². The van der Waals surface area contributed by atoms with E-state index in [2.05, 4.69) is 10.3 Å². The summed E-state index contributed by atoms with van der Waals surface area (Å²) in [5.41, 5.74) is 1.88. The largest absolute Gasteiger partial charge is 0.350 e. The zero-order valence-electron chi connectivity index (χ0n) is 10.0. The van der Waals surface area contributed by atoms with Gasteiger partial charge in [0.25, 0.3) is 0 Å². The van der Waals surface area contributed by atoms with Crippen LogP contribution >= 0.6 is 0 Å². The molecule has 0 fully saturated rings. The summed E-state index contributed by atoms with van der Waals surface area (Å²) < 4.78 is 0. The number of aromatic nitrogens is 1. The Bertz CT molecular complexity index is 297. The Morgan fingerprint density at radius 3 is 2.60 bits per heavy atom. The highest BCUT2D eigenvalue weighted by molar-refractivity contribution is 5.75. The van der Waals surface area contributed by atoms with Gasteiger partial charge >= 0.3 is 0 Å². The molecule has 84 valence electrons. The number of amides is 1. The maximum absolute atomic E-state index is 10.9. The summed E-state index contributed by atoms with van der Waals surface area (Å²) in [4.78, 5) is 15.2. The number of aryl methyl sites for hydroxylation is 1. The van der Waals surface area contributed by atoms with Crippen LogP contribution in [0.3, 0.4) is 0 Å². The summed E-state index contributed by atoms with van der Waals surface area (Å²) in [5.74, 6) is 0.0586. The normalized spacial score (nSPS) is 8.80. The zero-order valence-corrected chi connectivity index (χ0v) is 10.0. The maximum Gasteiger partial charge on any atom is 0.220 e. The van der Waals surface area contributed by atoms with E-state index in [1.165, 1.54) is 0 Å². The van der Waals surface area contributed by atoms with E-state index in [0.717, 1.165) is 11.4 Å². The van der Waals surface area contributed by atoms with Crippen molar-refractivity contribution in [2.45, 2.75) is 40.7 Å². The van der Waals surface area contributed by atoms with Crippen molar-refractivity contribution in [2.75, 3.05) is 0 Å². The predicted octanol–water partition coefficient (Wildman–Crippen LogP) is 2.44. The molecule has 1 N–H and O–H groups in total. The van der Waals surface area contributed by atoms with Gasteiger partial charge in [-0.2, -0.15) is 0 Å². The van der Waals surface area contributed by atoms with Crippen LogP contribution in [0.4, 0.5) is 0 Å². The van der Waals surface area contributed by atoms with E-state index >= 15 is 0 Å². The molecule has 0 radical (unpaired) electrons. The standard InChI is InChI=1S/C10H14N2O.C2H6/c1-3-10(13)11-7-9-6-4-5-8(2)12-9;1-2/h4-6H,3,7H2,1-2H3,(H,11,13);1-2H3. The fraction of sp³-hybridized carbons (Fsp3) is 0.500. The molecule has 0 aliphatic carbocycles. The van der Waals surface area contributed by atoms with Gasteiger partial charge in [0.15, 0.2) is 0 Å². The average molecular weight is 208 g/mol. The van der Waals surface area contributed by atoms with Gasteiger partial charge in [-0.05, 0) is 19.1 Å². The fourth-order valence-electron chi connectivity index (χ4n) is 1.01.